The van der Waals surface area contributed by atoms with Crippen LogP contribution in [0, 0.1) is 11.8 Å². The standard InChI is InChI=1S/C27H45N3O7/c1-20(2)18-34-15-16-35-23-5-7-24(8-6-23)36-19-22(31)17-28-11-12-29-27(33)30-13-9-25(10-14-30)37-26(32)21(3)4/h5-8,20-22,25,28,31H,9-19H2,1-4H3,(H,29,33). The molecule has 1 heterocycles. The smallest absolute Gasteiger partial charge is 0.317 e. The van der Waals surface area contributed by atoms with Crippen LogP contribution in [0.4, 0.5) is 4.79 Å². The van der Waals surface area contributed by atoms with E-state index in [4.69, 9.17) is 18.9 Å². The van der Waals surface area contributed by atoms with Gasteiger partial charge in [0, 0.05) is 52.2 Å². The molecule has 1 aliphatic heterocycles. The highest BCUT2D eigenvalue weighted by molar-refractivity contribution is 5.74. The molecular formula is C27H45N3O7. The summed E-state index contributed by atoms with van der Waals surface area (Å²) in [4.78, 5) is 25.8. The second-order valence-electron chi connectivity index (χ2n) is 9.97. The molecule has 1 aliphatic rings. The molecule has 10 heteroatoms. The van der Waals surface area contributed by atoms with Gasteiger partial charge in [0.2, 0.25) is 0 Å². The first-order chi connectivity index (χ1) is 17.7. The number of urea groups is 1. The van der Waals surface area contributed by atoms with E-state index in [1.54, 1.807) is 17.0 Å². The van der Waals surface area contributed by atoms with Crippen molar-refractivity contribution in [3.63, 3.8) is 0 Å². The summed E-state index contributed by atoms with van der Waals surface area (Å²) in [5.74, 6) is 1.56. The number of nitrogens with zero attached hydrogens (tertiary/aromatic N) is 1. The lowest BCUT2D eigenvalue weighted by molar-refractivity contribution is -0.154. The molecule has 210 valence electrons. The van der Waals surface area contributed by atoms with Crippen molar-refractivity contribution >= 4 is 12.0 Å². The molecule has 1 unspecified atom stereocenters. The van der Waals surface area contributed by atoms with Crippen molar-refractivity contribution in [2.75, 3.05) is 59.2 Å². The summed E-state index contributed by atoms with van der Waals surface area (Å²) >= 11 is 0. The number of likely N-dealkylation sites (tertiary alicyclic amines) is 1. The molecular weight excluding hydrogens is 478 g/mol. The van der Waals surface area contributed by atoms with Gasteiger partial charge in [-0.25, -0.2) is 4.79 Å². The average Bonchev–Trinajstić information content (AvgIpc) is 2.87. The van der Waals surface area contributed by atoms with Gasteiger partial charge in [-0.2, -0.15) is 0 Å². The fourth-order valence-electron chi connectivity index (χ4n) is 3.54. The summed E-state index contributed by atoms with van der Waals surface area (Å²) in [6.07, 6.45) is 0.506. The van der Waals surface area contributed by atoms with Crippen LogP contribution >= 0.6 is 0 Å². The van der Waals surface area contributed by atoms with Gasteiger partial charge < -0.3 is 39.6 Å². The topological polar surface area (TPSA) is 119 Å². The quantitative estimate of drug-likeness (QED) is 0.223. The minimum absolute atomic E-state index is 0.116. The normalized spacial score (nSPS) is 15.1. The van der Waals surface area contributed by atoms with Gasteiger partial charge in [0.1, 0.15) is 36.9 Å². The van der Waals surface area contributed by atoms with Gasteiger partial charge in [0.05, 0.1) is 12.5 Å². The molecule has 0 bridgehead atoms. The van der Waals surface area contributed by atoms with Gasteiger partial charge in [-0.15, -0.1) is 0 Å². The molecule has 10 nitrogen and oxygen atoms in total. The van der Waals surface area contributed by atoms with Crippen LogP contribution < -0.4 is 20.1 Å². The maximum atomic E-state index is 12.3. The lowest BCUT2D eigenvalue weighted by atomic mass is 10.1. The SMILES string of the molecule is CC(C)COCCOc1ccc(OCC(O)CNCCNC(=O)N2CCC(OC(=O)C(C)C)CC2)cc1. The van der Waals surface area contributed by atoms with Crippen molar-refractivity contribution in [2.24, 2.45) is 11.8 Å². The van der Waals surface area contributed by atoms with Gasteiger partial charge in [0.15, 0.2) is 0 Å². The van der Waals surface area contributed by atoms with Gasteiger partial charge >= 0.3 is 12.0 Å². The Balaban J connectivity index is 1.50. The molecule has 2 rings (SSSR count). The molecule has 0 aliphatic carbocycles. The number of ether oxygens (including phenoxy) is 4. The van der Waals surface area contributed by atoms with E-state index in [2.05, 4.69) is 24.5 Å². The van der Waals surface area contributed by atoms with Crippen LogP contribution in [0.5, 0.6) is 11.5 Å². The van der Waals surface area contributed by atoms with Crippen LogP contribution in [0.15, 0.2) is 24.3 Å². The molecule has 2 amide bonds. The maximum absolute atomic E-state index is 12.3. The van der Waals surface area contributed by atoms with Crippen molar-refractivity contribution in [1.82, 2.24) is 15.5 Å². The third kappa shape index (κ3) is 13.0. The highest BCUT2D eigenvalue weighted by Crippen LogP contribution is 2.18. The van der Waals surface area contributed by atoms with E-state index in [9.17, 15) is 14.7 Å². The van der Waals surface area contributed by atoms with Crippen LogP contribution in [0.1, 0.15) is 40.5 Å². The number of nitrogens with one attached hydrogen (secondary N) is 2. The molecule has 0 spiro atoms. The van der Waals surface area contributed by atoms with Gasteiger partial charge in [0.25, 0.3) is 0 Å². The number of esters is 1. The summed E-state index contributed by atoms with van der Waals surface area (Å²) in [5.41, 5.74) is 0. The van der Waals surface area contributed by atoms with Crippen molar-refractivity contribution in [1.29, 1.82) is 0 Å². The predicted molar refractivity (Wildman–Crippen MR) is 141 cm³/mol. The zero-order chi connectivity index (χ0) is 27.0. The van der Waals surface area contributed by atoms with Crippen molar-refractivity contribution in [3.05, 3.63) is 24.3 Å². The van der Waals surface area contributed by atoms with E-state index in [-0.39, 0.29) is 30.6 Å². The molecule has 3 N–H and O–H groups in total. The number of hydrogen-bond donors (Lipinski definition) is 3. The van der Waals surface area contributed by atoms with Gasteiger partial charge in [-0.1, -0.05) is 27.7 Å². The third-order valence-corrected chi connectivity index (χ3v) is 5.66. The van der Waals surface area contributed by atoms with E-state index in [1.165, 1.54) is 0 Å². The third-order valence-electron chi connectivity index (χ3n) is 5.66. The maximum Gasteiger partial charge on any atom is 0.317 e. The highest BCUT2D eigenvalue weighted by Gasteiger charge is 2.25. The first-order valence-electron chi connectivity index (χ1n) is 13.3. The molecule has 1 saturated heterocycles. The van der Waals surface area contributed by atoms with Gasteiger partial charge in [-0.3, -0.25) is 4.79 Å². The number of aliphatic hydroxyl groups is 1. The first kappa shape index (κ1) is 30.7. The Morgan fingerprint density at radius 2 is 1.62 bits per heavy atom. The number of aliphatic hydroxyl groups excluding tert-OH is 1. The summed E-state index contributed by atoms with van der Waals surface area (Å²) in [6.45, 7) is 12.2. The van der Waals surface area contributed by atoms with Crippen molar-refractivity contribution < 1.29 is 33.6 Å². The van der Waals surface area contributed by atoms with E-state index < -0.39 is 6.10 Å². The Bertz CT molecular complexity index is 781. The second kappa shape index (κ2) is 17.0. The fourth-order valence-corrected chi connectivity index (χ4v) is 3.54. The molecule has 0 radical (unpaired) electrons. The Morgan fingerprint density at radius 3 is 2.24 bits per heavy atom. The Hall–Kier alpha value is -2.56. The van der Waals surface area contributed by atoms with Crippen molar-refractivity contribution in [3.8, 4) is 11.5 Å². The van der Waals surface area contributed by atoms with E-state index >= 15 is 0 Å². The van der Waals surface area contributed by atoms with Gasteiger partial charge in [-0.05, 0) is 30.2 Å². The molecule has 0 aromatic heterocycles. The molecule has 1 aromatic rings. The van der Waals surface area contributed by atoms with E-state index in [0.29, 0.717) is 70.4 Å². The zero-order valence-electron chi connectivity index (χ0n) is 22.7. The summed E-state index contributed by atoms with van der Waals surface area (Å²) in [7, 11) is 0. The number of piperidine rings is 1. The average molecular weight is 524 g/mol. The number of carbonyl (C=O) groups excluding carboxylic acids is 2. The Kier molecular flexibility index (Phi) is 14.1. The minimum Gasteiger partial charge on any atom is -0.491 e. The Morgan fingerprint density at radius 1 is 0.973 bits per heavy atom. The van der Waals surface area contributed by atoms with Crippen LogP contribution in [0.3, 0.4) is 0 Å². The predicted octanol–water partition coefficient (Wildman–Crippen LogP) is 2.44. The number of hydrogen-bond acceptors (Lipinski definition) is 8. The number of benzene rings is 1. The summed E-state index contributed by atoms with van der Waals surface area (Å²) in [6, 6.07) is 7.13. The number of carbonyl (C=O) groups is 2. The monoisotopic (exact) mass is 523 g/mol. The van der Waals surface area contributed by atoms with Crippen LogP contribution in [0.25, 0.3) is 0 Å². The zero-order valence-corrected chi connectivity index (χ0v) is 22.7. The molecule has 1 aromatic carbocycles. The largest absolute Gasteiger partial charge is 0.491 e. The summed E-state index contributed by atoms with van der Waals surface area (Å²) in [5, 5.41) is 16.1. The first-order valence-corrected chi connectivity index (χ1v) is 13.3. The summed E-state index contributed by atoms with van der Waals surface area (Å²) < 4.78 is 22.2. The molecule has 1 atom stereocenters. The van der Waals surface area contributed by atoms with E-state index in [0.717, 1.165) is 12.4 Å². The van der Waals surface area contributed by atoms with Crippen LogP contribution in [-0.2, 0) is 14.3 Å². The van der Waals surface area contributed by atoms with E-state index in [1.807, 2.05) is 26.0 Å². The van der Waals surface area contributed by atoms with Crippen LogP contribution in [0.2, 0.25) is 0 Å². The second-order valence-corrected chi connectivity index (χ2v) is 9.97. The minimum atomic E-state index is -0.683. The molecule has 0 saturated carbocycles. The molecule has 1 fully saturated rings. The van der Waals surface area contributed by atoms with Crippen molar-refractivity contribution in [2.45, 2.75) is 52.7 Å². The number of rotatable bonds is 16. The lowest BCUT2D eigenvalue weighted by Crippen LogP contribution is -2.47. The lowest BCUT2D eigenvalue weighted by Gasteiger charge is -2.32. The molecule has 37 heavy (non-hydrogen) atoms. The Labute approximate surface area is 221 Å². The fraction of sp³-hybridized carbons (Fsp3) is 0.704. The number of amides is 2. The van der Waals surface area contributed by atoms with Crippen LogP contribution in [-0.4, -0.2) is 93.4 Å². The highest BCUT2D eigenvalue weighted by atomic mass is 16.5.